The zero-order valence-corrected chi connectivity index (χ0v) is 15.3. The molecular formula is C19H24N2O4. The Labute approximate surface area is 148 Å². The SMILES string of the molecule is C/C=C/COc1cc(C)c(OCc2nc(C(C)=NOC)co2)c(C)c1. The van der Waals surface area contributed by atoms with Gasteiger partial charge in [-0.15, -0.1) is 0 Å². The van der Waals surface area contributed by atoms with Gasteiger partial charge in [0.05, 0.1) is 0 Å². The van der Waals surface area contributed by atoms with Gasteiger partial charge in [-0.3, -0.25) is 0 Å². The van der Waals surface area contributed by atoms with Gasteiger partial charge in [0.25, 0.3) is 0 Å². The van der Waals surface area contributed by atoms with E-state index in [2.05, 4.69) is 10.1 Å². The fraction of sp³-hybridized carbons (Fsp3) is 0.368. The molecular weight excluding hydrogens is 320 g/mol. The number of hydrogen-bond acceptors (Lipinski definition) is 6. The Bertz CT molecular complexity index is 740. The molecule has 134 valence electrons. The van der Waals surface area contributed by atoms with Gasteiger partial charge in [0.15, 0.2) is 6.61 Å². The number of oxazole rings is 1. The first-order chi connectivity index (χ1) is 12.0. The number of oxime groups is 1. The lowest BCUT2D eigenvalue weighted by Crippen LogP contribution is -2.02. The Kier molecular flexibility index (Phi) is 6.62. The highest BCUT2D eigenvalue weighted by molar-refractivity contribution is 5.96. The monoisotopic (exact) mass is 344 g/mol. The number of nitrogens with zero attached hydrogens (tertiary/aromatic N) is 2. The molecule has 6 heteroatoms. The van der Waals surface area contributed by atoms with Gasteiger partial charge in [-0.25, -0.2) is 4.98 Å². The summed E-state index contributed by atoms with van der Waals surface area (Å²) >= 11 is 0. The van der Waals surface area contributed by atoms with E-state index in [1.165, 1.54) is 13.4 Å². The fourth-order valence-electron chi connectivity index (χ4n) is 2.32. The van der Waals surface area contributed by atoms with Crippen molar-refractivity contribution in [2.45, 2.75) is 34.3 Å². The maximum atomic E-state index is 5.89. The number of rotatable bonds is 8. The van der Waals surface area contributed by atoms with Crippen LogP contribution in [0, 0.1) is 13.8 Å². The number of ether oxygens (including phenoxy) is 2. The maximum Gasteiger partial charge on any atom is 0.232 e. The van der Waals surface area contributed by atoms with Crippen LogP contribution in [-0.4, -0.2) is 24.4 Å². The fourth-order valence-corrected chi connectivity index (χ4v) is 2.32. The van der Waals surface area contributed by atoms with Crippen molar-refractivity contribution in [1.82, 2.24) is 4.98 Å². The topological polar surface area (TPSA) is 66.1 Å². The zero-order chi connectivity index (χ0) is 18.2. The molecule has 0 fully saturated rings. The molecule has 0 saturated heterocycles. The molecule has 0 saturated carbocycles. The van der Waals surface area contributed by atoms with Crippen LogP contribution >= 0.6 is 0 Å². The second-order valence-electron chi connectivity index (χ2n) is 5.54. The molecule has 0 radical (unpaired) electrons. The van der Waals surface area contributed by atoms with Crippen molar-refractivity contribution in [3.8, 4) is 11.5 Å². The van der Waals surface area contributed by atoms with E-state index in [1.807, 2.05) is 45.1 Å². The second kappa shape index (κ2) is 8.92. The summed E-state index contributed by atoms with van der Waals surface area (Å²) in [6, 6.07) is 3.92. The molecule has 25 heavy (non-hydrogen) atoms. The quantitative estimate of drug-likeness (QED) is 0.408. The predicted octanol–water partition coefficient (Wildman–Crippen LogP) is 4.20. The lowest BCUT2D eigenvalue weighted by atomic mass is 10.1. The molecule has 1 heterocycles. The summed E-state index contributed by atoms with van der Waals surface area (Å²) in [4.78, 5) is 9.07. The second-order valence-corrected chi connectivity index (χ2v) is 5.54. The average molecular weight is 344 g/mol. The van der Waals surface area contributed by atoms with Gasteiger partial charge in [-0.1, -0.05) is 17.3 Å². The van der Waals surface area contributed by atoms with Crippen molar-refractivity contribution >= 4 is 5.71 Å². The number of hydrogen-bond donors (Lipinski definition) is 0. The third-order valence-electron chi connectivity index (χ3n) is 3.51. The predicted molar refractivity (Wildman–Crippen MR) is 96.3 cm³/mol. The van der Waals surface area contributed by atoms with Crippen molar-refractivity contribution in [1.29, 1.82) is 0 Å². The summed E-state index contributed by atoms with van der Waals surface area (Å²) in [5.74, 6) is 2.11. The number of benzene rings is 1. The molecule has 0 spiro atoms. The van der Waals surface area contributed by atoms with Crippen LogP contribution in [0.25, 0.3) is 0 Å². The highest BCUT2D eigenvalue weighted by Crippen LogP contribution is 2.29. The van der Waals surface area contributed by atoms with Crippen molar-refractivity contribution in [2.75, 3.05) is 13.7 Å². The van der Waals surface area contributed by atoms with Crippen molar-refractivity contribution in [3.05, 3.63) is 53.3 Å². The van der Waals surface area contributed by atoms with E-state index >= 15 is 0 Å². The Morgan fingerprint density at radius 2 is 1.96 bits per heavy atom. The largest absolute Gasteiger partial charge is 0.490 e. The van der Waals surface area contributed by atoms with Crippen LogP contribution in [0.1, 0.15) is 36.6 Å². The first kappa shape index (κ1) is 18.6. The van der Waals surface area contributed by atoms with Gasteiger partial charge >= 0.3 is 0 Å². The summed E-state index contributed by atoms with van der Waals surface area (Å²) in [7, 11) is 1.49. The first-order valence-electron chi connectivity index (χ1n) is 8.05. The minimum absolute atomic E-state index is 0.237. The molecule has 0 aliphatic carbocycles. The molecule has 0 bridgehead atoms. The van der Waals surface area contributed by atoms with Crippen LogP contribution in [-0.2, 0) is 11.4 Å². The Balaban J connectivity index is 2.04. The van der Waals surface area contributed by atoms with E-state index in [0.29, 0.717) is 23.9 Å². The van der Waals surface area contributed by atoms with Crippen LogP contribution in [0.4, 0.5) is 0 Å². The van der Waals surface area contributed by atoms with Gasteiger partial charge in [0.1, 0.15) is 42.9 Å². The number of allylic oxidation sites excluding steroid dienone is 1. The normalized spacial score (nSPS) is 11.8. The molecule has 0 amide bonds. The van der Waals surface area contributed by atoms with E-state index in [1.54, 1.807) is 6.92 Å². The van der Waals surface area contributed by atoms with Gasteiger partial charge in [0.2, 0.25) is 5.89 Å². The molecule has 0 aliphatic heterocycles. The van der Waals surface area contributed by atoms with Gasteiger partial charge in [0, 0.05) is 0 Å². The first-order valence-corrected chi connectivity index (χ1v) is 8.05. The summed E-state index contributed by atoms with van der Waals surface area (Å²) in [6.45, 7) is 8.53. The molecule has 0 unspecified atom stereocenters. The summed E-state index contributed by atoms with van der Waals surface area (Å²) < 4.78 is 17.0. The molecule has 0 aliphatic rings. The molecule has 1 aromatic heterocycles. The molecule has 6 nitrogen and oxygen atoms in total. The highest BCUT2D eigenvalue weighted by atomic mass is 16.6. The van der Waals surface area contributed by atoms with E-state index < -0.39 is 0 Å². The van der Waals surface area contributed by atoms with Crippen LogP contribution in [0.5, 0.6) is 11.5 Å². The van der Waals surface area contributed by atoms with E-state index in [0.717, 1.165) is 22.6 Å². The van der Waals surface area contributed by atoms with Crippen LogP contribution in [0.2, 0.25) is 0 Å². The minimum atomic E-state index is 0.237. The van der Waals surface area contributed by atoms with Crippen molar-refractivity contribution in [2.24, 2.45) is 5.16 Å². The van der Waals surface area contributed by atoms with Crippen LogP contribution in [0.15, 0.2) is 40.1 Å². The lowest BCUT2D eigenvalue weighted by molar-refractivity contribution is 0.213. The average Bonchev–Trinajstić information content (AvgIpc) is 3.04. The van der Waals surface area contributed by atoms with E-state index in [-0.39, 0.29) is 6.61 Å². The van der Waals surface area contributed by atoms with Crippen molar-refractivity contribution in [3.63, 3.8) is 0 Å². The number of aryl methyl sites for hydroxylation is 2. The Hall–Kier alpha value is -2.76. The van der Waals surface area contributed by atoms with E-state index in [9.17, 15) is 0 Å². The van der Waals surface area contributed by atoms with E-state index in [4.69, 9.17) is 18.7 Å². The summed E-state index contributed by atoms with van der Waals surface area (Å²) in [5, 5.41) is 3.83. The minimum Gasteiger partial charge on any atom is -0.490 e. The lowest BCUT2D eigenvalue weighted by Gasteiger charge is -2.13. The summed E-state index contributed by atoms with van der Waals surface area (Å²) in [6.07, 6.45) is 5.46. The standard InChI is InChI=1S/C19H24N2O4/c1-6-7-8-23-16-9-13(2)19(14(3)10-16)25-12-18-20-17(11-24-18)15(4)21-22-5/h6-7,9-11H,8,12H2,1-5H3/b7-6+,21-15?. The highest BCUT2D eigenvalue weighted by Gasteiger charge is 2.11. The van der Waals surface area contributed by atoms with Crippen LogP contribution in [0.3, 0.4) is 0 Å². The molecule has 0 N–H and O–H groups in total. The molecule has 2 rings (SSSR count). The maximum absolute atomic E-state index is 5.89. The Morgan fingerprint density at radius 1 is 1.24 bits per heavy atom. The molecule has 1 aromatic carbocycles. The van der Waals surface area contributed by atoms with Crippen LogP contribution < -0.4 is 9.47 Å². The third kappa shape index (κ3) is 5.11. The summed E-state index contributed by atoms with van der Waals surface area (Å²) in [5.41, 5.74) is 3.27. The van der Waals surface area contributed by atoms with Gasteiger partial charge < -0.3 is 18.7 Å². The smallest absolute Gasteiger partial charge is 0.232 e. The third-order valence-corrected chi connectivity index (χ3v) is 3.51. The molecule has 2 aromatic rings. The van der Waals surface area contributed by atoms with Gasteiger partial charge in [-0.2, -0.15) is 0 Å². The Morgan fingerprint density at radius 3 is 2.60 bits per heavy atom. The molecule has 0 atom stereocenters. The van der Waals surface area contributed by atoms with Gasteiger partial charge in [-0.05, 0) is 51.0 Å². The van der Waals surface area contributed by atoms with Crippen molar-refractivity contribution < 1.29 is 18.7 Å². The zero-order valence-electron chi connectivity index (χ0n) is 15.3. The number of aromatic nitrogens is 1.